The van der Waals surface area contributed by atoms with Crippen molar-refractivity contribution in [1.29, 1.82) is 0 Å². The van der Waals surface area contributed by atoms with Gasteiger partial charge in [0.15, 0.2) is 23.4 Å². The molecule has 2 N–H and O–H groups in total. The summed E-state index contributed by atoms with van der Waals surface area (Å²) in [4.78, 5) is 27.1. The second-order valence-corrected chi connectivity index (χ2v) is 10.6. The van der Waals surface area contributed by atoms with Crippen molar-refractivity contribution in [2.75, 3.05) is 13.2 Å². The maximum atomic E-state index is 13.1. The Labute approximate surface area is 180 Å². The monoisotopic (exact) mass is 425 g/mol. The molecule has 2 heterocycles. The molecule has 1 unspecified atom stereocenters. The predicted octanol–water partition coefficient (Wildman–Crippen LogP) is 2.17. The molecule has 1 saturated heterocycles. The minimum Gasteiger partial charge on any atom is -0.504 e. The number of Topliss-reactive ketones (excluding diaryl/α,β-unsaturated/α-hetero) is 1. The van der Waals surface area contributed by atoms with Crippen molar-refractivity contribution in [3.8, 4) is 11.5 Å². The summed E-state index contributed by atoms with van der Waals surface area (Å²) in [5.41, 5.74) is 1.29. The fourth-order valence-electron chi connectivity index (χ4n) is 7.81. The van der Waals surface area contributed by atoms with Gasteiger partial charge in [-0.05, 0) is 62.1 Å². The molecule has 164 valence electrons. The number of rotatable bonds is 5. The van der Waals surface area contributed by atoms with E-state index in [1.54, 1.807) is 6.07 Å². The molecule has 3 saturated carbocycles. The van der Waals surface area contributed by atoms with E-state index in [9.17, 15) is 19.8 Å². The van der Waals surface area contributed by atoms with Crippen molar-refractivity contribution in [2.45, 2.75) is 80.6 Å². The number of aliphatic carboxylic acids is 1. The third-order valence-electron chi connectivity index (χ3n) is 9.37. The largest absolute Gasteiger partial charge is 0.504 e. The zero-order chi connectivity index (χ0) is 21.2. The molecule has 2 bridgehead atoms. The Morgan fingerprint density at radius 3 is 2.81 bits per heavy atom. The molecular weight excluding hydrogens is 398 g/mol. The molecule has 7 heteroatoms. The van der Waals surface area contributed by atoms with Gasteiger partial charge >= 0.3 is 5.97 Å². The van der Waals surface area contributed by atoms with Gasteiger partial charge in [-0.3, -0.25) is 14.5 Å². The maximum absolute atomic E-state index is 13.1. The number of phenols is 1. The summed E-state index contributed by atoms with van der Waals surface area (Å²) >= 11 is 0. The number of nitrogens with zero attached hydrogens (tertiary/aromatic N) is 1. The van der Waals surface area contributed by atoms with E-state index in [0.717, 1.165) is 30.5 Å². The number of phenolic OH excluding ortho intramolecular Hbond substituents is 1. The van der Waals surface area contributed by atoms with Crippen molar-refractivity contribution in [2.24, 2.45) is 5.41 Å². The van der Waals surface area contributed by atoms with Crippen LogP contribution in [0.1, 0.15) is 56.1 Å². The molecule has 2 spiro atoms. The molecule has 1 aromatic carbocycles. The average molecular weight is 425 g/mol. The second kappa shape index (κ2) is 5.62. The van der Waals surface area contributed by atoms with Gasteiger partial charge in [0, 0.05) is 24.1 Å². The van der Waals surface area contributed by atoms with Crippen LogP contribution in [0, 0.1) is 5.41 Å². The van der Waals surface area contributed by atoms with E-state index < -0.39 is 23.1 Å². The Bertz CT molecular complexity index is 1030. The Kier molecular flexibility index (Phi) is 3.34. The molecule has 31 heavy (non-hydrogen) atoms. The van der Waals surface area contributed by atoms with Gasteiger partial charge < -0.3 is 19.7 Å². The van der Waals surface area contributed by atoms with Crippen LogP contribution in [0.4, 0.5) is 0 Å². The number of benzene rings is 1. The number of ketones is 1. The lowest BCUT2D eigenvalue weighted by molar-refractivity contribution is -0.216. The highest BCUT2D eigenvalue weighted by Gasteiger charge is 2.77. The molecule has 4 aliphatic carbocycles. The highest BCUT2D eigenvalue weighted by Crippen LogP contribution is 2.72. The van der Waals surface area contributed by atoms with E-state index in [1.807, 2.05) is 6.07 Å². The lowest BCUT2D eigenvalue weighted by Gasteiger charge is -2.64. The number of aromatic hydroxyl groups is 1. The van der Waals surface area contributed by atoms with Crippen molar-refractivity contribution >= 4 is 11.8 Å². The van der Waals surface area contributed by atoms with E-state index in [0.29, 0.717) is 30.0 Å². The van der Waals surface area contributed by atoms with Gasteiger partial charge in [0.2, 0.25) is 0 Å². The summed E-state index contributed by atoms with van der Waals surface area (Å²) in [5.74, 6) is -0.287. The Hall–Kier alpha value is -2.12. The zero-order valence-corrected chi connectivity index (χ0v) is 17.4. The van der Waals surface area contributed by atoms with Crippen molar-refractivity contribution in [3.05, 3.63) is 23.3 Å². The highest BCUT2D eigenvalue weighted by molar-refractivity contribution is 5.90. The Morgan fingerprint density at radius 1 is 1.23 bits per heavy atom. The SMILES string of the molecule is O=C(O)CCO[C@@]12CCC(=O)[C@@H]3Oc4c(O)ccc5c4[C@@]31CCN(C1CC13CC3)[C@@H]2C5. The number of hydrogen-bond acceptors (Lipinski definition) is 6. The van der Waals surface area contributed by atoms with Gasteiger partial charge in [-0.15, -0.1) is 0 Å². The van der Waals surface area contributed by atoms with Crippen molar-refractivity contribution in [3.63, 3.8) is 0 Å². The normalized spacial score (nSPS) is 40.4. The van der Waals surface area contributed by atoms with E-state index >= 15 is 0 Å². The number of carboxylic acids is 1. The summed E-state index contributed by atoms with van der Waals surface area (Å²) in [6, 6.07) is 4.34. The van der Waals surface area contributed by atoms with Crippen LogP contribution in [0.3, 0.4) is 0 Å². The fraction of sp³-hybridized carbons (Fsp3) is 0.667. The molecule has 0 radical (unpaired) electrons. The summed E-state index contributed by atoms with van der Waals surface area (Å²) in [5, 5.41) is 19.8. The first kappa shape index (κ1) is 18.5. The highest BCUT2D eigenvalue weighted by atomic mass is 16.5. The third-order valence-corrected chi connectivity index (χ3v) is 9.37. The van der Waals surface area contributed by atoms with Crippen LogP contribution in [-0.4, -0.2) is 63.8 Å². The van der Waals surface area contributed by atoms with E-state index in [4.69, 9.17) is 9.47 Å². The first-order valence-corrected chi connectivity index (χ1v) is 11.6. The number of likely N-dealkylation sites (tertiary alicyclic amines) is 1. The Balaban J connectivity index is 1.41. The smallest absolute Gasteiger partial charge is 0.305 e. The van der Waals surface area contributed by atoms with Gasteiger partial charge in [0.25, 0.3) is 0 Å². The fourth-order valence-corrected chi connectivity index (χ4v) is 7.81. The van der Waals surface area contributed by atoms with Crippen LogP contribution < -0.4 is 4.74 Å². The quantitative estimate of drug-likeness (QED) is 0.746. The average Bonchev–Trinajstić information content (AvgIpc) is 3.62. The van der Waals surface area contributed by atoms with Crippen molar-refractivity contribution in [1.82, 2.24) is 4.90 Å². The zero-order valence-electron chi connectivity index (χ0n) is 17.4. The molecule has 0 amide bonds. The van der Waals surface area contributed by atoms with Crippen LogP contribution in [0.5, 0.6) is 11.5 Å². The maximum Gasteiger partial charge on any atom is 0.305 e. The van der Waals surface area contributed by atoms with Gasteiger partial charge in [-0.1, -0.05) is 6.07 Å². The standard InChI is InChI=1S/C24H27NO6/c26-14-2-1-13-11-16-24(30-10-4-18(28)29)5-3-15(27)21-23(24,19(13)20(14)31-21)8-9-25(16)17-12-22(17)6-7-22/h1-2,16-17,21,26H,3-12H2,(H,28,29)/t16-,17?,21+,23+,24-/m1/s1. The first-order valence-electron chi connectivity index (χ1n) is 11.6. The lowest BCUT2D eigenvalue weighted by Crippen LogP contribution is -2.77. The van der Waals surface area contributed by atoms with Gasteiger partial charge in [0.05, 0.1) is 24.0 Å². The number of hydrogen-bond donors (Lipinski definition) is 2. The Morgan fingerprint density at radius 2 is 2.06 bits per heavy atom. The molecule has 4 fully saturated rings. The minimum atomic E-state index is -0.879. The number of carbonyl (C=O) groups excluding carboxylic acids is 1. The number of ether oxygens (including phenoxy) is 2. The van der Waals surface area contributed by atoms with Crippen LogP contribution in [0.15, 0.2) is 12.1 Å². The van der Waals surface area contributed by atoms with Crippen LogP contribution >= 0.6 is 0 Å². The molecular formula is C24H27NO6. The predicted molar refractivity (Wildman–Crippen MR) is 108 cm³/mol. The van der Waals surface area contributed by atoms with Crippen LogP contribution in [0.25, 0.3) is 0 Å². The summed E-state index contributed by atoms with van der Waals surface area (Å²) in [6.45, 7) is 1.02. The molecule has 7 nitrogen and oxygen atoms in total. The molecule has 0 aromatic heterocycles. The minimum absolute atomic E-state index is 0.0584. The van der Waals surface area contributed by atoms with Crippen molar-refractivity contribution < 1.29 is 29.3 Å². The number of piperidine rings is 1. The number of carbonyl (C=O) groups is 2. The van der Waals surface area contributed by atoms with Crippen LogP contribution in [-0.2, 0) is 26.2 Å². The van der Waals surface area contributed by atoms with E-state index in [2.05, 4.69) is 4.90 Å². The molecule has 2 aliphatic heterocycles. The first-order chi connectivity index (χ1) is 14.9. The van der Waals surface area contributed by atoms with Gasteiger partial charge in [-0.2, -0.15) is 0 Å². The molecule has 5 atom stereocenters. The lowest BCUT2D eigenvalue weighted by atomic mass is 9.48. The number of carboxylic acid groups (broad SMARTS) is 1. The summed E-state index contributed by atoms with van der Waals surface area (Å²) in [7, 11) is 0. The van der Waals surface area contributed by atoms with E-state index in [-0.39, 0.29) is 30.6 Å². The molecule has 6 aliphatic rings. The summed E-state index contributed by atoms with van der Waals surface area (Å²) < 4.78 is 12.9. The third kappa shape index (κ3) is 2.07. The topological polar surface area (TPSA) is 96.3 Å². The molecule has 1 aromatic rings. The van der Waals surface area contributed by atoms with Crippen LogP contribution in [0.2, 0.25) is 0 Å². The van der Waals surface area contributed by atoms with Gasteiger partial charge in [0.1, 0.15) is 0 Å². The van der Waals surface area contributed by atoms with E-state index in [1.165, 1.54) is 19.3 Å². The second-order valence-electron chi connectivity index (χ2n) is 10.6. The van der Waals surface area contributed by atoms with Gasteiger partial charge in [-0.25, -0.2) is 0 Å². The summed E-state index contributed by atoms with van der Waals surface area (Å²) in [6.07, 6.45) is 5.61. The molecule has 7 rings (SSSR count).